The van der Waals surface area contributed by atoms with Gasteiger partial charge in [0.25, 0.3) is 5.91 Å². The first-order chi connectivity index (χ1) is 9.18. The van der Waals surface area contributed by atoms with Crippen molar-refractivity contribution >= 4 is 5.91 Å². The van der Waals surface area contributed by atoms with Gasteiger partial charge in [-0.1, -0.05) is 30.3 Å². The summed E-state index contributed by atoms with van der Waals surface area (Å²) in [7, 11) is 0. The molecule has 4 nitrogen and oxygen atoms in total. The van der Waals surface area contributed by atoms with Gasteiger partial charge in [0.05, 0.1) is 11.8 Å². The number of benzene rings is 1. The summed E-state index contributed by atoms with van der Waals surface area (Å²) in [5, 5.41) is 2.85. The zero-order chi connectivity index (χ0) is 13.7. The highest BCUT2D eigenvalue weighted by Crippen LogP contribution is 2.13. The summed E-state index contributed by atoms with van der Waals surface area (Å²) in [6.07, 6.45) is 2.21. The van der Waals surface area contributed by atoms with E-state index in [0.717, 1.165) is 5.56 Å². The van der Waals surface area contributed by atoms with Crippen molar-refractivity contribution in [3.8, 4) is 0 Å². The summed E-state index contributed by atoms with van der Waals surface area (Å²) < 4.78 is 5.10. The molecule has 0 bridgehead atoms. The summed E-state index contributed by atoms with van der Waals surface area (Å²) >= 11 is 0. The van der Waals surface area contributed by atoms with Crippen LogP contribution in [0, 0.1) is 6.92 Å². The fourth-order valence-electron chi connectivity index (χ4n) is 1.92. The van der Waals surface area contributed by atoms with Gasteiger partial charge in [0, 0.05) is 12.6 Å². The Bertz CT molecular complexity index is 534. The van der Waals surface area contributed by atoms with E-state index in [1.165, 1.54) is 6.26 Å². The Hall–Kier alpha value is -2.07. The summed E-state index contributed by atoms with van der Waals surface area (Å²) in [4.78, 5) is 11.8. The average molecular weight is 258 g/mol. The van der Waals surface area contributed by atoms with Crippen LogP contribution in [0.2, 0.25) is 0 Å². The molecule has 2 aromatic rings. The molecule has 1 aromatic heterocycles. The third-order valence-corrected chi connectivity index (χ3v) is 3.07. The van der Waals surface area contributed by atoms with Crippen LogP contribution in [0.15, 0.2) is 47.1 Å². The van der Waals surface area contributed by atoms with Gasteiger partial charge in [-0.3, -0.25) is 4.79 Å². The molecule has 0 aliphatic heterocycles. The number of carbonyl (C=O) groups excluding carboxylic acids is 1. The van der Waals surface area contributed by atoms with E-state index in [1.807, 2.05) is 30.3 Å². The molecule has 0 aliphatic rings. The van der Waals surface area contributed by atoms with Crippen LogP contribution in [0.25, 0.3) is 0 Å². The van der Waals surface area contributed by atoms with Crippen molar-refractivity contribution in [2.45, 2.75) is 19.4 Å². The number of nitrogens with one attached hydrogen (secondary N) is 1. The number of furan rings is 1. The average Bonchev–Trinajstić information content (AvgIpc) is 2.86. The van der Waals surface area contributed by atoms with E-state index in [0.29, 0.717) is 24.3 Å². The molecule has 0 saturated heterocycles. The number of rotatable bonds is 5. The minimum absolute atomic E-state index is 0.0630. The lowest BCUT2D eigenvalue weighted by Gasteiger charge is -2.12. The number of hydrogen-bond acceptors (Lipinski definition) is 3. The van der Waals surface area contributed by atoms with Crippen molar-refractivity contribution in [1.82, 2.24) is 5.32 Å². The Kier molecular flexibility index (Phi) is 4.36. The van der Waals surface area contributed by atoms with Gasteiger partial charge in [-0.25, -0.2) is 0 Å². The second kappa shape index (κ2) is 6.20. The number of hydrogen-bond donors (Lipinski definition) is 2. The Morgan fingerprint density at radius 2 is 2.05 bits per heavy atom. The first-order valence-electron chi connectivity index (χ1n) is 6.31. The van der Waals surface area contributed by atoms with Gasteiger partial charge >= 0.3 is 0 Å². The molecule has 1 unspecified atom stereocenters. The van der Waals surface area contributed by atoms with Crippen LogP contribution in [0.3, 0.4) is 0 Å². The normalized spacial score (nSPS) is 12.1. The molecular weight excluding hydrogens is 240 g/mol. The molecule has 2 rings (SSSR count). The zero-order valence-electron chi connectivity index (χ0n) is 10.9. The van der Waals surface area contributed by atoms with Gasteiger partial charge in [-0.05, 0) is 25.0 Å². The van der Waals surface area contributed by atoms with Crippen LogP contribution >= 0.6 is 0 Å². The fourth-order valence-corrected chi connectivity index (χ4v) is 1.92. The topological polar surface area (TPSA) is 68.3 Å². The monoisotopic (exact) mass is 258 g/mol. The van der Waals surface area contributed by atoms with Crippen LogP contribution < -0.4 is 11.1 Å². The second-order valence-electron chi connectivity index (χ2n) is 4.45. The summed E-state index contributed by atoms with van der Waals surface area (Å²) in [5.74, 6) is 0.511. The van der Waals surface area contributed by atoms with Crippen molar-refractivity contribution in [2.75, 3.05) is 6.54 Å². The minimum atomic E-state index is -0.119. The number of carbonyl (C=O) groups is 1. The summed E-state index contributed by atoms with van der Waals surface area (Å²) in [6.45, 7) is 2.31. The minimum Gasteiger partial charge on any atom is -0.469 e. The molecule has 0 fully saturated rings. The molecule has 19 heavy (non-hydrogen) atoms. The highest BCUT2D eigenvalue weighted by molar-refractivity contribution is 5.94. The number of amides is 1. The van der Waals surface area contributed by atoms with E-state index < -0.39 is 0 Å². The van der Waals surface area contributed by atoms with Crippen LogP contribution in [-0.2, 0) is 0 Å². The van der Waals surface area contributed by atoms with E-state index in [1.54, 1.807) is 13.0 Å². The third kappa shape index (κ3) is 3.45. The maximum atomic E-state index is 11.8. The lowest BCUT2D eigenvalue weighted by molar-refractivity contribution is 0.0951. The van der Waals surface area contributed by atoms with E-state index in [4.69, 9.17) is 10.2 Å². The molecule has 0 saturated carbocycles. The lowest BCUT2D eigenvalue weighted by Crippen LogP contribution is -2.27. The molecule has 1 heterocycles. The molecular formula is C15H18N2O2. The van der Waals surface area contributed by atoms with Crippen molar-refractivity contribution in [3.63, 3.8) is 0 Å². The Labute approximate surface area is 112 Å². The molecule has 1 atom stereocenters. The van der Waals surface area contributed by atoms with Crippen molar-refractivity contribution < 1.29 is 9.21 Å². The fraction of sp³-hybridized carbons (Fsp3) is 0.267. The Balaban J connectivity index is 1.81. The Morgan fingerprint density at radius 3 is 2.68 bits per heavy atom. The van der Waals surface area contributed by atoms with Gasteiger partial charge < -0.3 is 15.5 Å². The smallest absolute Gasteiger partial charge is 0.254 e. The highest BCUT2D eigenvalue weighted by atomic mass is 16.3. The predicted octanol–water partition coefficient (Wildman–Crippen LogP) is 2.41. The molecule has 0 radical (unpaired) electrons. The molecule has 0 spiro atoms. The largest absolute Gasteiger partial charge is 0.469 e. The van der Waals surface area contributed by atoms with Crippen LogP contribution in [0.4, 0.5) is 0 Å². The van der Waals surface area contributed by atoms with Crippen LogP contribution in [0.1, 0.15) is 34.1 Å². The number of aryl methyl sites for hydroxylation is 1. The zero-order valence-corrected chi connectivity index (χ0v) is 10.9. The molecule has 3 N–H and O–H groups in total. The van der Waals surface area contributed by atoms with Gasteiger partial charge in [0.2, 0.25) is 0 Å². The second-order valence-corrected chi connectivity index (χ2v) is 4.45. The summed E-state index contributed by atoms with van der Waals surface area (Å²) in [6, 6.07) is 11.5. The standard InChI is InChI=1S/C15H18N2O2/c1-11-13(8-10-19-11)15(18)17-9-7-14(16)12-5-3-2-4-6-12/h2-6,8,10,14H,7,9,16H2,1H3,(H,17,18). The molecule has 1 amide bonds. The lowest BCUT2D eigenvalue weighted by atomic mass is 10.1. The maximum Gasteiger partial charge on any atom is 0.254 e. The van der Waals surface area contributed by atoms with Crippen molar-refractivity contribution in [3.05, 3.63) is 59.5 Å². The quantitative estimate of drug-likeness (QED) is 0.865. The van der Waals surface area contributed by atoms with E-state index in [2.05, 4.69) is 5.32 Å². The third-order valence-electron chi connectivity index (χ3n) is 3.07. The SMILES string of the molecule is Cc1occc1C(=O)NCCC(N)c1ccccc1. The maximum absolute atomic E-state index is 11.8. The van der Waals surface area contributed by atoms with E-state index in [9.17, 15) is 4.79 Å². The number of nitrogens with two attached hydrogens (primary N) is 1. The van der Waals surface area contributed by atoms with Crippen molar-refractivity contribution in [1.29, 1.82) is 0 Å². The van der Waals surface area contributed by atoms with Gasteiger partial charge in [0.15, 0.2) is 0 Å². The Morgan fingerprint density at radius 1 is 1.32 bits per heavy atom. The van der Waals surface area contributed by atoms with Gasteiger partial charge in [-0.2, -0.15) is 0 Å². The molecule has 4 heteroatoms. The molecule has 1 aromatic carbocycles. The van der Waals surface area contributed by atoms with Crippen LogP contribution in [0.5, 0.6) is 0 Å². The van der Waals surface area contributed by atoms with Crippen molar-refractivity contribution in [2.24, 2.45) is 5.73 Å². The van der Waals surface area contributed by atoms with E-state index in [-0.39, 0.29) is 11.9 Å². The molecule has 0 aliphatic carbocycles. The molecule has 100 valence electrons. The predicted molar refractivity (Wildman–Crippen MR) is 73.8 cm³/mol. The van der Waals surface area contributed by atoms with Gasteiger partial charge in [-0.15, -0.1) is 0 Å². The van der Waals surface area contributed by atoms with Crippen LogP contribution in [-0.4, -0.2) is 12.5 Å². The first-order valence-corrected chi connectivity index (χ1v) is 6.31. The van der Waals surface area contributed by atoms with E-state index >= 15 is 0 Å². The van der Waals surface area contributed by atoms with Gasteiger partial charge in [0.1, 0.15) is 5.76 Å². The summed E-state index contributed by atoms with van der Waals surface area (Å²) in [5.41, 5.74) is 7.72. The highest BCUT2D eigenvalue weighted by Gasteiger charge is 2.11. The first kappa shape index (κ1) is 13.4.